The first-order chi connectivity index (χ1) is 13.2. The number of carbonyl (C=O) groups is 1. The Morgan fingerprint density at radius 2 is 2.04 bits per heavy atom. The second kappa shape index (κ2) is 7.63. The van der Waals surface area contributed by atoms with Crippen molar-refractivity contribution in [2.24, 2.45) is 0 Å². The van der Waals surface area contributed by atoms with Gasteiger partial charge in [-0.05, 0) is 36.2 Å². The summed E-state index contributed by atoms with van der Waals surface area (Å²) in [5, 5.41) is 5.62. The first-order valence-electron chi connectivity index (χ1n) is 8.45. The fraction of sp³-hybridized carbons (Fsp3) is 0.211. The first-order valence-corrected chi connectivity index (χ1v) is 9.33. The Labute approximate surface area is 160 Å². The van der Waals surface area contributed by atoms with E-state index in [2.05, 4.69) is 15.3 Å². The molecule has 0 saturated carbocycles. The van der Waals surface area contributed by atoms with Crippen molar-refractivity contribution in [1.29, 1.82) is 0 Å². The van der Waals surface area contributed by atoms with Gasteiger partial charge >= 0.3 is 0 Å². The van der Waals surface area contributed by atoms with E-state index in [1.165, 1.54) is 11.3 Å². The molecule has 0 spiro atoms. The molecule has 8 heteroatoms. The highest BCUT2D eigenvalue weighted by molar-refractivity contribution is 7.14. The molecule has 0 atom stereocenters. The number of fused-ring (bicyclic) bond motifs is 1. The number of anilines is 2. The van der Waals surface area contributed by atoms with Gasteiger partial charge in [-0.15, -0.1) is 11.3 Å². The number of benzene rings is 1. The lowest BCUT2D eigenvalue weighted by Crippen LogP contribution is -2.29. The van der Waals surface area contributed by atoms with E-state index in [1.807, 2.05) is 30.3 Å². The molecular weight excluding hydrogens is 364 g/mol. The third-order valence-corrected chi connectivity index (χ3v) is 4.94. The molecule has 27 heavy (non-hydrogen) atoms. The summed E-state index contributed by atoms with van der Waals surface area (Å²) < 4.78 is 10.7. The van der Waals surface area contributed by atoms with E-state index < -0.39 is 0 Å². The topological polar surface area (TPSA) is 76.6 Å². The van der Waals surface area contributed by atoms with Crippen LogP contribution in [0.3, 0.4) is 0 Å². The first kappa shape index (κ1) is 17.3. The van der Waals surface area contributed by atoms with Gasteiger partial charge in [0.15, 0.2) is 16.6 Å². The Hall–Kier alpha value is -3.13. The quantitative estimate of drug-likeness (QED) is 0.705. The maximum atomic E-state index is 12.6. The summed E-state index contributed by atoms with van der Waals surface area (Å²) in [4.78, 5) is 22.7. The van der Waals surface area contributed by atoms with Crippen molar-refractivity contribution >= 4 is 28.1 Å². The molecule has 1 amide bonds. The SMILES string of the molecule is CN(CCc1ccncc1)C(=O)c1csc(Nc2ccc3c(c2)OCO3)n1. The van der Waals surface area contributed by atoms with Gasteiger partial charge in [-0.3, -0.25) is 9.78 Å². The number of aromatic nitrogens is 2. The van der Waals surface area contributed by atoms with Gasteiger partial charge in [0.2, 0.25) is 6.79 Å². The fourth-order valence-corrected chi connectivity index (χ4v) is 3.38. The number of hydrogen-bond acceptors (Lipinski definition) is 7. The Morgan fingerprint density at radius 3 is 2.89 bits per heavy atom. The molecule has 138 valence electrons. The molecular formula is C19H18N4O3S. The van der Waals surface area contributed by atoms with Crippen molar-refractivity contribution in [1.82, 2.24) is 14.9 Å². The summed E-state index contributed by atoms with van der Waals surface area (Å²) in [6, 6.07) is 9.49. The Bertz CT molecular complexity index is 945. The summed E-state index contributed by atoms with van der Waals surface area (Å²) in [5.74, 6) is 1.33. The van der Waals surface area contributed by atoms with Crippen LogP contribution in [0.4, 0.5) is 10.8 Å². The number of nitrogens with one attached hydrogen (secondary N) is 1. The number of carbonyl (C=O) groups excluding carboxylic acids is 1. The maximum absolute atomic E-state index is 12.6. The molecule has 2 aromatic heterocycles. The highest BCUT2D eigenvalue weighted by atomic mass is 32.1. The Morgan fingerprint density at radius 1 is 1.22 bits per heavy atom. The Balaban J connectivity index is 1.37. The third kappa shape index (κ3) is 4.01. The van der Waals surface area contributed by atoms with Gasteiger partial charge in [-0.1, -0.05) is 0 Å². The van der Waals surface area contributed by atoms with Crippen LogP contribution in [0.1, 0.15) is 16.1 Å². The van der Waals surface area contributed by atoms with Crippen LogP contribution < -0.4 is 14.8 Å². The number of likely N-dealkylation sites (N-methyl/N-ethyl adjacent to an activating group) is 1. The fourth-order valence-electron chi connectivity index (χ4n) is 2.67. The minimum Gasteiger partial charge on any atom is -0.454 e. The zero-order chi connectivity index (χ0) is 18.6. The highest BCUT2D eigenvalue weighted by Crippen LogP contribution is 2.35. The molecule has 4 rings (SSSR count). The minimum absolute atomic E-state index is 0.0981. The molecule has 1 N–H and O–H groups in total. The Kier molecular flexibility index (Phi) is 4.88. The number of nitrogens with zero attached hydrogens (tertiary/aromatic N) is 3. The lowest BCUT2D eigenvalue weighted by atomic mass is 10.2. The van der Waals surface area contributed by atoms with Crippen molar-refractivity contribution in [3.63, 3.8) is 0 Å². The largest absolute Gasteiger partial charge is 0.454 e. The smallest absolute Gasteiger partial charge is 0.273 e. The van der Waals surface area contributed by atoms with Crippen molar-refractivity contribution in [2.45, 2.75) is 6.42 Å². The predicted octanol–water partition coefficient (Wildman–Crippen LogP) is 3.33. The molecule has 3 heterocycles. The molecule has 1 aliphatic heterocycles. The average molecular weight is 382 g/mol. The lowest BCUT2D eigenvalue weighted by Gasteiger charge is -2.15. The van der Waals surface area contributed by atoms with Crippen LogP contribution in [0.2, 0.25) is 0 Å². The number of amides is 1. The van der Waals surface area contributed by atoms with Gasteiger partial charge in [0.05, 0.1) is 0 Å². The van der Waals surface area contributed by atoms with Gasteiger partial charge in [0, 0.05) is 43.1 Å². The lowest BCUT2D eigenvalue weighted by molar-refractivity contribution is 0.0791. The van der Waals surface area contributed by atoms with Crippen molar-refractivity contribution < 1.29 is 14.3 Å². The van der Waals surface area contributed by atoms with Gasteiger partial charge in [0.25, 0.3) is 5.91 Å². The molecule has 1 aliphatic rings. The van der Waals surface area contributed by atoms with E-state index in [-0.39, 0.29) is 12.7 Å². The maximum Gasteiger partial charge on any atom is 0.273 e. The van der Waals surface area contributed by atoms with Crippen LogP contribution in [0.15, 0.2) is 48.1 Å². The van der Waals surface area contributed by atoms with Gasteiger partial charge in [-0.25, -0.2) is 4.98 Å². The second-order valence-corrected chi connectivity index (χ2v) is 6.92. The van der Waals surface area contributed by atoms with E-state index >= 15 is 0 Å². The third-order valence-electron chi connectivity index (χ3n) is 4.18. The molecule has 0 fully saturated rings. The van der Waals surface area contributed by atoms with Gasteiger partial charge in [0.1, 0.15) is 5.69 Å². The van der Waals surface area contributed by atoms with Crippen LogP contribution in [-0.2, 0) is 6.42 Å². The normalized spacial score (nSPS) is 12.0. The van der Waals surface area contributed by atoms with E-state index in [0.29, 0.717) is 23.1 Å². The number of thiazole rings is 1. The van der Waals surface area contributed by atoms with Crippen molar-refractivity contribution in [3.8, 4) is 11.5 Å². The average Bonchev–Trinajstić information content (AvgIpc) is 3.35. The highest BCUT2D eigenvalue weighted by Gasteiger charge is 2.17. The summed E-state index contributed by atoms with van der Waals surface area (Å²) in [6.45, 7) is 0.853. The molecule has 0 unspecified atom stereocenters. The van der Waals surface area contributed by atoms with Crippen LogP contribution in [0, 0.1) is 0 Å². The van der Waals surface area contributed by atoms with Crippen LogP contribution in [-0.4, -0.2) is 41.2 Å². The van der Waals surface area contributed by atoms with Crippen LogP contribution in [0.25, 0.3) is 0 Å². The number of hydrogen-bond donors (Lipinski definition) is 1. The molecule has 0 bridgehead atoms. The summed E-state index contributed by atoms with van der Waals surface area (Å²) >= 11 is 1.39. The summed E-state index contributed by atoms with van der Waals surface area (Å²) in [5.41, 5.74) is 2.41. The summed E-state index contributed by atoms with van der Waals surface area (Å²) in [6.07, 6.45) is 4.29. The van der Waals surface area contributed by atoms with Gasteiger partial charge < -0.3 is 19.7 Å². The van der Waals surface area contributed by atoms with Gasteiger partial charge in [-0.2, -0.15) is 0 Å². The van der Waals surface area contributed by atoms with Crippen LogP contribution in [0.5, 0.6) is 11.5 Å². The minimum atomic E-state index is -0.0981. The predicted molar refractivity (Wildman–Crippen MR) is 103 cm³/mol. The number of pyridine rings is 1. The molecule has 0 radical (unpaired) electrons. The molecule has 0 saturated heterocycles. The zero-order valence-electron chi connectivity index (χ0n) is 14.7. The monoisotopic (exact) mass is 382 g/mol. The van der Waals surface area contributed by atoms with E-state index in [9.17, 15) is 4.79 Å². The molecule has 0 aliphatic carbocycles. The van der Waals surface area contributed by atoms with E-state index in [0.717, 1.165) is 23.4 Å². The van der Waals surface area contributed by atoms with E-state index in [1.54, 1.807) is 29.7 Å². The summed E-state index contributed by atoms with van der Waals surface area (Å²) in [7, 11) is 1.79. The molecule has 1 aromatic carbocycles. The zero-order valence-corrected chi connectivity index (χ0v) is 15.5. The number of rotatable bonds is 6. The van der Waals surface area contributed by atoms with E-state index in [4.69, 9.17) is 9.47 Å². The van der Waals surface area contributed by atoms with Crippen molar-refractivity contribution in [2.75, 3.05) is 25.7 Å². The second-order valence-electron chi connectivity index (χ2n) is 6.06. The van der Waals surface area contributed by atoms with Crippen LogP contribution >= 0.6 is 11.3 Å². The number of ether oxygens (including phenoxy) is 2. The molecule has 7 nitrogen and oxygen atoms in total. The van der Waals surface area contributed by atoms with Crippen molar-refractivity contribution in [3.05, 3.63) is 59.4 Å². The standard InChI is InChI=1S/C19H18N4O3S/c1-23(9-6-13-4-7-20-8-5-13)18(24)15-11-27-19(22-15)21-14-2-3-16-17(10-14)26-12-25-16/h2-5,7-8,10-11H,6,9,12H2,1H3,(H,21,22). The molecule has 3 aromatic rings.